The smallest absolute Gasteiger partial charge is 0.312 e. The number of benzene rings is 1. The first-order valence-electron chi connectivity index (χ1n) is 11.8. The molecule has 0 heterocycles. The summed E-state index contributed by atoms with van der Waals surface area (Å²) in [5, 5.41) is 10.4. The van der Waals surface area contributed by atoms with Gasteiger partial charge >= 0.3 is 12.0 Å². The first-order valence-corrected chi connectivity index (χ1v) is 11.8. The summed E-state index contributed by atoms with van der Waals surface area (Å²) in [4.78, 5) is 60.2. The minimum absolute atomic E-state index is 0.113. The van der Waals surface area contributed by atoms with E-state index in [4.69, 9.17) is 16.2 Å². The summed E-state index contributed by atoms with van der Waals surface area (Å²) >= 11 is 0. The Balaban J connectivity index is 2.88. The number of urea groups is 1. The number of nitrogens with two attached hydrogens (primary N) is 2. The number of anilines is 1. The molecule has 0 radical (unpaired) electrons. The molecule has 0 aromatic heterocycles. The lowest BCUT2D eigenvalue weighted by molar-refractivity contribution is -0.148. The number of carbonyl (C=O) groups is 5. The number of nitrogens with one attached hydrogen (secondary N) is 4. The van der Waals surface area contributed by atoms with Gasteiger partial charge in [0, 0.05) is 12.2 Å². The Hall–Kier alpha value is -3.67. The topological polar surface area (TPSA) is 195 Å². The van der Waals surface area contributed by atoms with Crippen LogP contribution in [0.1, 0.15) is 46.1 Å². The Morgan fingerprint density at radius 1 is 0.944 bits per heavy atom. The number of primary amides is 1. The Morgan fingerprint density at radius 2 is 1.58 bits per heavy atom. The zero-order valence-electron chi connectivity index (χ0n) is 21.3. The molecule has 200 valence electrons. The van der Waals surface area contributed by atoms with Crippen LogP contribution in [0.25, 0.3) is 0 Å². The van der Waals surface area contributed by atoms with E-state index in [-0.39, 0.29) is 43.9 Å². The fraction of sp³-hybridized carbons (Fsp3) is 0.542. The molecule has 5 amide bonds. The molecule has 0 bridgehead atoms. The third-order valence-electron chi connectivity index (χ3n) is 5.13. The van der Waals surface area contributed by atoms with E-state index in [0.717, 1.165) is 5.56 Å². The maximum absolute atomic E-state index is 13.0. The second kappa shape index (κ2) is 15.4. The maximum Gasteiger partial charge on any atom is 0.312 e. The number of amides is 5. The third kappa shape index (κ3) is 11.2. The van der Waals surface area contributed by atoms with Crippen LogP contribution in [0.4, 0.5) is 10.5 Å². The van der Waals surface area contributed by atoms with Crippen molar-refractivity contribution in [3.63, 3.8) is 0 Å². The SMILES string of the molecule is CC(C)C(=O)OCc1ccc(NC(=O)C(CCCNC(N)=O)NC(=O)C(NC(=O)CN)C(C)C)cc1. The highest BCUT2D eigenvalue weighted by Crippen LogP contribution is 2.13. The molecule has 36 heavy (non-hydrogen) atoms. The molecule has 0 aliphatic carbocycles. The molecule has 0 spiro atoms. The normalized spacial score (nSPS) is 12.4. The molecule has 1 aromatic rings. The molecule has 2 unspecified atom stereocenters. The van der Waals surface area contributed by atoms with Crippen LogP contribution in [-0.4, -0.2) is 54.9 Å². The van der Waals surface area contributed by atoms with Crippen molar-refractivity contribution in [2.75, 3.05) is 18.4 Å². The summed E-state index contributed by atoms with van der Waals surface area (Å²) in [6, 6.07) is 4.21. The van der Waals surface area contributed by atoms with Crippen molar-refractivity contribution in [2.24, 2.45) is 23.3 Å². The number of esters is 1. The van der Waals surface area contributed by atoms with Crippen LogP contribution in [0.3, 0.4) is 0 Å². The molecule has 2 atom stereocenters. The van der Waals surface area contributed by atoms with Crippen molar-refractivity contribution >= 4 is 35.4 Å². The Morgan fingerprint density at radius 3 is 2.11 bits per heavy atom. The average molecular weight is 507 g/mol. The van der Waals surface area contributed by atoms with E-state index in [2.05, 4.69) is 21.3 Å². The quantitative estimate of drug-likeness (QED) is 0.155. The minimum Gasteiger partial charge on any atom is -0.461 e. The first-order chi connectivity index (χ1) is 16.9. The van der Waals surface area contributed by atoms with E-state index < -0.39 is 35.8 Å². The minimum atomic E-state index is -0.949. The number of rotatable bonds is 14. The van der Waals surface area contributed by atoms with Gasteiger partial charge in [-0.05, 0) is 36.5 Å². The van der Waals surface area contributed by atoms with Crippen LogP contribution in [0, 0.1) is 11.8 Å². The number of hydrogen-bond donors (Lipinski definition) is 6. The van der Waals surface area contributed by atoms with Gasteiger partial charge < -0.3 is 37.5 Å². The predicted octanol–water partition coefficient (Wildman–Crippen LogP) is 0.357. The van der Waals surface area contributed by atoms with Crippen LogP contribution in [0.2, 0.25) is 0 Å². The molecular formula is C24H38N6O6. The van der Waals surface area contributed by atoms with Crippen molar-refractivity contribution in [3.05, 3.63) is 29.8 Å². The first kappa shape index (κ1) is 30.4. The number of carbonyl (C=O) groups excluding carboxylic acids is 5. The van der Waals surface area contributed by atoms with Crippen LogP contribution in [-0.2, 0) is 30.5 Å². The van der Waals surface area contributed by atoms with Gasteiger partial charge in [-0.15, -0.1) is 0 Å². The number of ether oxygens (including phenoxy) is 1. The van der Waals surface area contributed by atoms with Gasteiger partial charge in [-0.1, -0.05) is 39.8 Å². The van der Waals surface area contributed by atoms with E-state index in [9.17, 15) is 24.0 Å². The lowest BCUT2D eigenvalue weighted by Crippen LogP contribution is -2.55. The molecule has 0 saturated heterocycles. The molecule has 0 saturated carbocycles. The van der Waals surface area contributed by atoms with Gasteiger partial charge in [0.15, 0.2) is 0 Å². The molecule has 1 rings (SSSR count). The molecular weight excluding hydrogens is 468 g/mol. The highest BCUT2D eigenvalue weighted by Gasteiger charge is 2.28. The third-order valence-corrected chi connectivity index (χ3v) is 5.13. The van der Waals surface area contributed by atoms with Crippen LogP contribution < -0.4 is 32.7 Å². The zero-order valence-corrected chi connectivity index (χ0v) is 21.3. The Kier molecular flexibility index (Phi) is 12.9. The summed E-state index contributed by atoms with van der Waals surface area (Å²) in [7, 11) is 0. The molecule has 1 aromatic carbocycles. The van der Waals surface area contributed by atoms with E-state index in [1.165, 1.54) is 0 Å². The summed E-state index contributed by atoms with van der Waals surface area (Å²) < 4.78 is 5.19. The van der Waals surface area contributed by atoms with Gasteiger partial charge in [-0.2, -0.15) is 0 Å². The fourth-order valence-corrected chi connectivity index (χ4v) is 3.05. The molecule has 12 nitrogen and oxygen atoms in total. The van der Waals surface area contributed by atoms with Crippen molar-refractivity contribution in [1.29, 1.82) is 0 Å². The summed E-state index contributed by atoms with van der Waals surface area (Å²) in [5.41, 5.74) is 11.6. The molecule has 0 aliphatic rings. The van der Waals surface area contributed by atoms with Crippen LogP contribution >= 0.6 is 0 Å². The van der Waals surface area contributed by atoms with Gasteiger partial charge in [0.2, 0.25) is 17.7 Å². The predicted molar refractivity (Wildman–Crippen MR) is 134 cm³/mol. The van der Waals surface area contributed by atoms with Crippen LogP contribution in [0.5, 0.6) is 0 Å². The number of hydrogen-bond acceptors (Lipinski definition) is 7. The lowest BCUT2D eigenvalue weighted by Gasteiger charge is -2.25. The van der Waals surface area contributed by atoms with Crippen molar-refractivity contribution in [1.82, 2.24) is 16.0 Å². The van der Waals surface area contributed by atoms with E-state index in [0.29, 0.717) is 12.1 Å². The molecule has 0 fully saturated rings. The Labute approximate surface area is 211 Å². The summed E-state index contributed by atoms with van der Waals surface area (Å²) in [5.74, 6) is -2.29. The average Bonchev–Trinajstić information content (AvgIpc) is 2.82. The van der Waals surface area contributed by atoms with Gasteiger partial charge in [0.05, 0.1) is 12.5 Å². The lowest BCUT2D eigenvalue weighted by atomic mass is 10.0. The molecule has 0 aliphatic heterocycles. The summed E-state index contributed by atoms with van der Waals surface area (Å²) in [6.45, 7) is 7.06. The van der Waals surface area contributed by atoms with E-state index in [1.807, 2.05) is 0 Å². The van der Waals surface area contributed by atoms with E-state index in [1.54, 1.807) is 52.0 Å². The highest BCUT2D eigenvalue weighted by atomic mass is 16.5. The monoisotopic (exact) mass is 506 g/mol. The Bertz CT molecular complexity index is 903. The van der Waals surface area contributed by atoms with Crippen molar-refractivity contribution < 1.29 is 28.7 Å². The van der Waals surface area contributed by atoms with Crippen molar-refractivity contribution in [2.45, 2.75) is 59.2 Å². The van der Waals surface area contributed by atoms with E-state index >= 15 is 0 Å². The van der Waals surface area contributed by atoms with Gasteiger partial charge in [0.1, 0.15) is 18.7 Å². The van der Waals surface area contributed by atoms with Crippen LogP contribution in [0.15, 0.2) is 24.3 Å². The van der Waals surface area contributed by atoms with Gasteiger partial charge in [-0.25, -0.2) is 4.79 Å². The molecule has 12 heteroatoms. The standard InChI is InChI=1S/C24H38N6O6/c1-14(2)20(30-19(31)12-25)22(33)29-18(6-5-11-27-24(26)35)21(32)28-17-9-7-16(8-10-17)13-36-23(34)15(3)4/h7-10,14-15,18,20H,5-6,11-13,25H2,1-4H3,(H,28,32)(H,29,33)(H,30,31)(H3,26,27,35). The fourth-order valence-electron chi connectivity index (χ4n) is 3.05. The second-order valence-electron chi connectivity index (χ2n) is 8.94. The zero-order chi connectivity index (χ0) is 27.3. The molecule has 8 N–H and O–H groups in total. The largest absolute Gasteiger partial charge is 0.461 e. The maximum atomic E-state index is 13.0. The van der Waals surface area contributed by atoms with Gasteiger partial charge in [-0.3, -0.25) is 19.2 Å². The second-order valence-corrected chi connectivity index (χ2v) is 8.94. The van der Waals surface area contributed by atoms with Crippen molar-refractivity contribution in [3.8, 4) is 0 Å². The highest BCUT2D eigenvalue weighted by molar-refractivity contribution is 5.98. The van der Waals surface area contributed by atoms with Gasteiger partial charge in [0.25, 0.3) is 0 Å². The summed E-state index contributed by atoms with van der Waals surface area (Å²) in [6.07, 6.45) is 0.569.